The smallest absolute Gasteiger partial charge is 0.131 e. The molecule has 1 aliphatic heterocycles. The molecule has 0 N–H and O–H groups in total. The molecule has 84 valence electrons. The lowest BCUT2D eigenvalue weighted by Crippen LogP contribution is -2.34. The van der Waals surface area contributed by atoms with Gasteiger partial charge in [-0.2, -0.15) is 0 Å². The minimum Gasteiger partial charge on any atom is -0.304 e. The molecule has 3 heterocycles. The van der Waals surface area contributed by atoms with Crippen molar-refractivity contribution in [2.75, 3.05) is 20.1 Å². The fourth-order valence-corrected chi connectivity index (χ4v) is 2.40. The third kappa shape index (κ3) is 1.57. The summed E-state index contributed by atoms with van der Waals surface area (Å²) in [6.07, 6.45) is 5.98. The Balaban J connectivity index is 1.99. The van der Waals surface area contributed by atoms with Crippen molar-refractivity contribution in [2.24, 2.45) is 0 Å². The van der Waals surface area contributed by atoms with Crippen LogP contribution in [0, 0.1) is 0 Å². The van der Waals surface area contributed by atoms with Gasteiger partial charge in [0.15, 0.2) is 0 Å². The van der Waals surface area contributed by atoms with E-state index < -0.39 is 0 Å². The molecule has 1 unspecified atom stereocenters. The van der Waals surface area contributed by atoms with Gasteiger partial charge in [-0.1, -0.05) is 5.21 Å². The van der Waals surface area contributed by atoms with Crippen molar-refractivity contribution in [1.82, 2.24) is 24.9 Å². The van der Waals surface area contributed by atoms with E-state index in [1.807, 2.05) is 10.7 Å². The second-order valence-corrected chi connectivity index (χ2v) is 4.46. The SMILES string of the molecule is CN1CCCC(n2nnc3cnccc32)C1. The molecule has 1 fully saturated rings. The Morgan fingerprint density at radius 3 is 3.25 bits per heavy atom. The van der Waals surface area contributed by atoms with Gasteiger partial charge >= 0.3 is 0 Å². The normalized spacial score (nSPS) is 22.7. The van der Waals surface area contributed by atoms with Crippen LogP contribution in [0.4, 0.5) is 0 Å². The van der Waals surface area contributed by atoms with Crippen LogP contribution in [0.5, 0.6) is 0 Å². The van der Waals surface area contributed by atoms with Crippen molar-refractivity contribution in [3.8, 4) is 0 Å². The van der Waals surface area contributed by atoms with E-state index >= 15 is 0 Å². The monoisotopic (exact) mass is 217 g/mol. The lowest BCUT2D eigenvalue weighted by molar-refractivity contribution is 0.204. The van der Waals surface area contributed by atoms with E-state index in [2.05, 4.69) is 27.2 Å². The maximum atomic E-state index is 4.25. The number of fused-ring (bicyclic) bond motifs is 1. The van der Waals surface area contributed by atoms with Gasteiger partial charge in [0.2, 0.25) is 0 Å². The average molecular weight is 217 g/mol. The highest BCUT2D eigenvalue weighted by Crippen LogP contribution is 2.22. The van der Waals surface area contributed by atoms with Gasteiger partial charge in [0, 0.05) is 12.7 Å². The van der Waals surface area contributed by atoms with Crippen LogP contribution in [0.1, 0.15) is 18.9 Å². The molecule has 3 rings (SSSR count). The number of likely N-dealkylation sites (tertiary alicyclic amines) is 1. The van der Waals surface area contributed by atoms with Crippen LogP contribution in [0.25, 0.3) is 11.0 Å². The van der Waals surface area contributed by atoms with Crippen LogP contribution in [0.3, 0.4) is 0 Å². The van der Waals surface area contributed by atoms with Crippen molar-refractivity contribution >= 4 is 11.0 Å². The number of aromatic nitrogens is 4. The van der Waals surface area contributed by atoms with Gasteiger partial charge in [-0.25, -0.2) is 4.68 Å². The standard InChI is InChI=1S/C11H15N5/c1-15-6-2-3-9(8-15)16-11-4-5-12-7-10(11)13-14-16/h4-5,7,9H,2-3,6,8H2,1H3. The van der Waals surface area contributed by atoms with Crippen molar-refractivity contribution < 1.29 is 0 Å². The molecular weight excluding hydrogens is 202 g/mol. The third-order valence-corrected chi connectivity index (χ3v) is 3.22. The van der Waals surface area contributed by atoms with Crippen LogP contribution in [-0.4, -0.2) is 45.0 Å². The minimum atomic E-state index is 0.450. The molecule has 5 heteroatoms. The largest absolute Gasteiger partial charge is 0.304 e. The predicted molar refractivity (Wildman–Crippen MR) is 61.1 cm³/mol. The second kappa shape index (κ2) is 3.83. The van der Waals surface area contributed by atoms with Gasteiger partial charge in [0.25, 0.3) is 0 Å². The fourth-order valence-electron chi connectivity index (χ4n) is 2.40. The number of likely N-dealkylation sites (N-methyl/N-ethyl adjacent to an activating group) is 1. The first-order chi connectivity index (χ1) is 7.84. The Hall–Kier alpha value is -1.49. The van der Waals surface area contributed by atoms with Crippen LogP contribution < -0.4 is 0 Å². The van der Waals surface area contributed by atoms with Crippen LogP contribution >= 0.6 is 0 Å². The van der Waals surface area contributed by atoms with Gasteiger partial charge in [0.05, 0.1) is 17.8 Å². The van der Waals surface area contributed by atoms with E-state index in [-0.39, 0.29) is 0 Å². The number of piperidine rings is 1. The Morgan fingerprint density at radius 1 is 1.44 bits per heavy atom. The summed E-state index contributed by atoms with van der Waals surface area (Å²) >= 11 is 0. The molecule has 0 radical (unpaired) electrons. The zero-order valence-corrected chi connectivity index (χ0v) is 9.37. The lowest BCUT2D eigenvalue weighted by atomic mass is 10.1. The summed E-state index contributed by atoms with van der Waals surface area (Å²) in [4.78, 5) is 6.41. The highest BCUT2D eigenvalue weighted by molar-refractivity contribution is 5.72. The number of nitrogens with zero attached hydrogens (tertiary/aromatic N) is 5. The van der Waals surface area contributed by atoms with Crippen molar-refractivity contribution in [1.29, 1.82) is 0 Å². The highest BCUT2D eigenvalue weighted by Gasteiger charge is 2.21. The average Bonchev–Trinajstić information content (AvgIpc) is 2.72. The number of pyridine rings is 1. The van der Waals surface area contributed by atoms with Crippen molar-refractivity contribution in [3.63, 3.8) is 0 Å². The Kier molecular flexibility index (Phi) is 2.32. The molecule has 0 aromatic carbocycles. The van der Waals surface area contributed by atoms with E-state index in [1.165, 1.54) is 19.4 Å². The van der Waals surface area contributed by atoms with Crippen LogP contribution in [0.15, 0.2) is 18.5 Å². The Bertz CT molecular complexity index is 492. The van der Waals surface area contributed by atoms with E-state index in [4.69, 9.17) is 0 Å². The molecule has 0 spiro atoms. The Labute approximate surface area is 94.1 Å². The Morgan fingerprint density at radius 2 is 2.38 bits per heavy atom. The molecule has 0 amide bonds. The van der Waals surface area contributed by atoms with Gasteiger partial charge < -0.3 is 4.90 Å². The minimum absolute atomic E-state index is 0.450. The highest BCUT2D eigenvalue weighted by atomic mass is 15.4. The summed E-state index contributed by atoms with van der Waals surface area (Å²) in [7, 11) is 2.16. The van der Waals surface area contributed by atoms with E-state index in [0.29, 0.717) is 6.04 Å². The molecule has 1 saturated heterocycles. The third-order valence-electron chi connectivity index (χ3n) is 3.22. The maximum absolute atomic E-state index is 4.25. The first-order valence-electron chi connectivity index (χ1n) is 5.68. The van der Waals surface area contributed by atoms with Crippen LogP contribution in [-0.2, 0) is 0 Å². The summed E-state index contributed by atoms with van der Waals surface area (Å²) in [6.45, 7) is 2.24. The predicted octanol–water partition coefficient (Wildman–Crippen LogP) is 1.09. The zero-order valence-electron chi connectivity index (χ0n) is 9.37. The molecule has 1 atom stereocenters. The second-order valence-electron chi connectivity index (χ2n) is 4.46. The molecule has 0 aliphatic carbocycles. The van der Waals surface area contributed by atoms with Gasteiger partial charge in [-0.05, 0) is 32.5 Å². The fraction of sp³-hybridized carbons (Fsp3) is 0.545. The maximum Gasteiger partial charge on any atom is 0.131 e. The summed E-state index contributed by atoms with van der Waals surface area (Å²) in [5, 5.41) is 8.40. The molecule has 2 aromatic heterocycles. The van der Waals surface area contributed by atoms with Gasteiger partial charge in [-0.3, -0.25) is 4.98 Å². The molecular formula is C11H15N5. The first-order valence-corrected chi connectivity index (χ1v) is 5.68. The lowest BCUT2D eigenvalue weighted by Gasteiger charge is -2.29. The number of hydrogen-bond acceptors (Lipinski definition) is 4. The van der Waals surface area contributed by atoms with E-state index in [1.54, 1.807) is 12.4 Å². The molecule has 5 nitrogen and oxygen atoms in total. The van der Waals surface area contributed by atoms with E-state index in [9.17, 15) is 0 Å². The van der Waals surface area contributed by atoms with Crippen molar-refractivity contribution in [2.45, 2.75) is 18.9 Å². The van der Waals surface area contributed by atoms with Crippen LogP contribution in [0.2, 0.25) is 0 Å². The van der Waals surface area contributed by atoms with Gasteiger partial charge in [-0.15, -0.1) is 5.10 Å². The summed E-state index contributed by atoms with van der Waals surface area (Å²) in [6, 6.07) is 2.44. The quantitative estimate of drug-likeness (QED) is 0.717. The zero-order chi connectivity index (χ0) is 11.0. The number of hydrogen-bond donors (Lipinski definition) is 0. The molecule has 2 aromatic rings. The molecule has 1 aliphatic rings. The first kappa shape index (κ1) is 9.72. The number of rotatable bonds is 1. The molecule has 0 saturated carbocycles. The topological polar surface area (TPSA) is 46.8 Å². The van der Waals surface area contributed by atoms with Gasteiger partial charge in [0.1, 0.15) is 5.52 Å². The molecule has 0 bridgehead atoms. The van der Waals surface area contributed by atoms with E-state index in [0.717, 1.165) is 17.6 Å². The summed E-state index contributed by atoms with van der Waals surface area (Å²) in [5.74, 6) is 0. The summed E-state index contributed by atoms with van der Waals surface area (Å²) < 4.78 is 2.05. The summed E-state index contributed by atoms with van der Waals surface area (Å²) in [5.41, 5.74) is 1.98. The molecule has 16 heavy (non-hydrogen) atoms. The van der Waals surface area contributed by atoms with Crippen molar-refractivity contribution in [3.05, 3.63) is 18.5 Å².